The van der Waals surface area contributed by atoms with Crippen LogP contribution in [0.2, 0.25) is 0 Å². The van der Waals surface area contributed by atoms with E-state index in [0.29, 0.717) is 11.3 Å². The summed E-state index contributed by atoms with van der Waals surface area (Å²) in [6.07, 6.45) is 0. The third-order valence-corrected chi connectivity index (χ3v) is 7.70. The molecule has 184 valence electrons. The Labute approximate surface area is 213 Å². The summed E-state index contributed by atoms with van der Waals surface area (Å²) in [6.45, 7) is 7.49. The molecule has 0 aliphatic rings. The standard InChI is InChI=1S/C30H30N2O3S/c1-20-11-15-25(16-12-20)29(24-8-6-5-7-9-24)31-30(33)26-17-14-23(4)28(19-26)36(34,35)32-27-18-21(2)10-13-22(27)3/h5-19,29,32H,1-4H3,(H,31,33). The number of anilines is 1. The molecule has 0 aliphatic carbocycles. The molecule has 0 bridgehead atoms. The molecule has 0 spiro atoms. The summed E-state index contributed by atoms with van der Waals surface area (Å²) in [5, 5.41) is 3.10. The minimum absolute atomic E-state index is 0.0719. The first-order valence-corrected chi connectivity index (χ1v) is 13.3. The van der Waals surface area contributed by atoms with Crippen LogP contribution in [0.15, 0.2) is 95.9 Å². The van der Waals surface area contributed by atoms with Gasteiger partial charge in [-0.25, -0.2) is 8.42 Å². The van der Waals surface area contributed by atoms with Gasteiger partial charge in [-0.2, -0.15) is 0 Å². The third-order valence-electron chi connectivity index (χ3n) is 6.20. The maximum Gasteiger partial charge on any atom is 0.262 e. The van der Waals surface area contributed by atoms with E-state index in [9.17, 15) is 13.2 Å². The Bertz CT molecular complexity index is 1500. The second kappa shape index (κ2) is 10.4. The summed E-state index contributed by atoms with van der Waals surface area (Å²) >= 11 is 0. The molecule has 0 aliphatic heterocycles. The summed E-state index contributed by atoms with van der Waals surface area (Å²) in [5.41, 5.74) is 6.13. The van der Waals surface area contributed by atoms with Crippen molar-refractivity contribution in [2.45, 2.75) is 38.6 Å². The fourth-order valence-corrected chi connectivity index (χ4v) is 5.45. The molecule has 36 heavy (non-hydrogen) atoms. The van der Waals surface area contributed by atoms with E-state index < -0.39 is 10.0 Å². The zero-order valence-corrected chi connectivity index (χ0v) is 21.7. The van der Waals surface area contributed by atoms with Gasteiger partial charge in [0.2, 0.25) is 0 Å². The fourth-order valence-electron chi connectivity index (χ4n) is 4.05. The Kier molecular flexibility index (Phi) is 7.27. The molecule has 0 saturated heterocycles. The van der Waals surface area contributed by atoms with Gasteiger partial charge in [-0.3, -0.25) is 9.52 Å². The van der Waals surface area contributed by atoms with Crippen LogP contribution < -0.4 is 10.0 Å². The smallest absolute Gasteiger partial charge is 0.262 e. The van der Waals surface area contributed by atoms with E-state index in [0.717, 1.165) is 27.8 Å². The molecule has 6 heteroatoms. The van der Waals surface area contributed by atoms with Crippen molar-refractivity contribution in [2.24, 2.45) is 0 Å². The number of nitrogens with one attached hydrogen (secondary N) is 2. The van der Waals surface area contributed by atoms with E-state index in [1.165, 1.54) is 6.07 Å². The van der Waals surface area contributed by atoms with Crippen LogP contribution in [0.3, 0.4) is 0 Å². The van der Waals surface area contributed by atoms with Gasteiger partial charge in [-0.15, -0.1) is 0 Å². The van der Waals surface area contributed by atoms with Gasteiger partial charge in [0.25, 0.3) is 15.9 Å². The van der Waals surface area contributed by atoms with Gasteiger partial charge in [0.1, 0.15) is 0 Å². The number of carbonyl (C=O) groups excluding carboxylic acids is 1. The normalized spacial score (nSPS) is 12.1. The zero-order valence-electron chi connectivity index (χ0n) is 20.9. The second-order valence-electron chi connectivity index (χ2n) is 9.13. The molecule has 0 fully saturated rings. The Morgan fingerprint density at radius 2 is 1.31 bits per heavy atom. The number of aryl methyl sites for hydroxylation is 4. The van der Waals surface area contributed by atoms with E-state index in [1.54, 1.807) is 25.1 Å². The van der Waals surface area contributed by atoms with E-state index >= 15 is 0 Å². The minimum Gasteiger partial charge on any atom is -0.341 e. The Hall–Kier alpha value is -3.90. The quantitative estimate of drug-likeness (QED) is 0.317. The van der Waals surface area contributed by atoms with Gasteiger partial charge in [0, 0.05) is 5.56 Å². The number of amides is 1. The van der Waals surface area contributed by atoms with Crippen molar-refractivity contribution in [3.63, 3.8) is 0 Å². The lowest BCUT2D eigenvalue weighted by Gasteiger charge is -2.21. The van der Waals surface area contributed by atoms with E-state index in [2.05, 4.69) is 10.0 Å². The number of hydrogen-bond acceptors (Lipinski definition) is 3. The van der Waals surface area contributed by atoms with Crippen LogP contribution >= 0.6 is 0 Å². The predicted octanol–water partition coefficient (Wildman–Crippen LogP) is 6.24. The molecule has 4 rings (SSSR count). The highest BCUT2D eigenvalue weighted by atomic mass is 32.2. The second-order valence-corrected chi connectivity index (χ2v) is 10.8. The maximum absolute atomic E-state index is 13.4. The fraction of sp³-hybridized carbons (Fsp3) is 0.167. The number of carbonyl (C=O) groups is 1. The highest BCUT2D eigenvalue weighted by Gasteiger charge is 2.22. The van der Waals surface area contributed by atoms with Crippen LogP contribution in [0, 0.1) is 27.7 Å². The zero-order chi connectivity index (χ0) is 25.9. The SMILES string of the molecule is Cc1ccc(C(NC(=O)c2ccc(C)c(S(=O)(=O)Nc3cc(C)ccc3C)c2)c2ccccc2)cc1. The molecule has 0 heterocycles. The first-order chi connectivity index (χ1) is 17.1. The van der Waals surface area contributed by atoms with Gasteiger partial charge in [0.15, 0.2) is 0 Å². The van der Waals surface area contributed by atoms with Crippen LogP contribution in [0.4, 0.5) is 5.69 Å². The summed E-state index contributed by atoms with van der Waals surface area (Å²) in [4.78, 5) is 13.5. The molecule has 1 unspecified atom stereocenters. The van der Waals surface area contributed by atoms with Gasteiger partial charge in [-0.1, -0.05) is 78.4 Å². The molecule has 4 aromatic carbocycles. The van der Waals surface area contributed by atoms with Crippen molar-refractivity contribution in [1.29, 1.82) is 0 Å². The molecule has 0 radical (unpaired) electrons. The molecule has 2 N–H and O–H groups in total. The molecule has 0 aromatic heterocycles. The topological polar surface area (TPSA) is 75.3 Å². The van der Waals surface area contributed by atoms with Gasteiger partial charge in [-0.05, 0) is 73.7 Å². The largest absolute Gasteiger partial charge is 0.341 e. The molecule has 1 atom stereocenters. The summed E-state index contributed by atoms with van der Waals surface area (Å²) in [5.74, 6) is -0.354. The molecule has 4 aromatic rings. The van der Waals surface area contributed by atoms with Crippen molar-refractivity contribution in [3.05, 3.63) is 130 Å². The van der Waals surface area contributed by atoms with Gasteiger partial charge >= 0.3 is 0 Å². The van der Waals surface area contributed by atoms with Crippen molar-refractivity contribution in [3.8, 4) is 0 Å². The number of hydrogen-bond donors (Lipinski definition) is 2. The molecular formula is C30H30N2O3S. The number of sulfonamides is 1. The average Bonchev–Trinajstić information content (AvgIpc) is 2.86. The van der Waals surface area contributed by atoms with Crippen LogP contribution in [0.1, 0.15) is 49.8 Å². The molecule has 1 amide bonds. The van der Waals surface area contributed by atoms with E-state index in [4.69, 9.17) is 0 Å². The minimum atomic E-state index is -3.91. The number of rotatable bonds is 7. The lowest BCUT2D eigenvalue weighted by Crippen LogP contribution is -2.29. The number of benzene rings is 4. The van der Waals surface area contributed by atoms with Crippen LogP contribution in [-0.4, -0.2) is 14.3 Å². The lowest BCUT2D eigenvalue weighted by atomic mass is 9.97. The predicted molar refractivity (Wildman–Crippen MR) is 145 cm³/mol. The van der Waals surface area contributed by atoms with Crippen molar-refractivity contribution < 1.29 is 13.2 Å². The van der Waals surface area contributed by atoms with Crippen molar-refractivity contribution >= 4 is 21.6 Å². The first-order valence-electron chi connectivity index (χ1n) is 11.8. The maximum atomic E-state index is 13.4. The van der Waals surface area contributed by atoms with E-state index in [1.807, 2.05) is 87.5 Å². The summed E-state index contributed by atoms with van der Waals surface area (Å²) in [7, 11) is -3.91. The van der Waals surface area contributed by atoms with Gasteiger partial charge < -0.3 is 5.32 Å². The third kappa shape index (κ3) is 5.66. The highest BCUT2D eigenvalue weighted by molar-refractivity contribution is 7.92. The van der Waals surface area contributed by atoms with Crippen LogP contribution in [0.5, 0.6) is 0 Å². The van der Waals surface area contributed by atoms with Crippen LogP contribution in [0.25, 0.3) is 0 Å². The summed E-state index contributed by atoms with van der Waals surface area (Å²) in [6, 6.07) is 27.7. The first kappa shape index (κ1) is 25.2. The monoisotopic (exact) mass is 498 g/mol. The van der Waals surface area contributed by atoms with Crippen molar-refractivity contribution in [1.82, 2.24) is 5.32 Å². The van der Waals surface area contributed by atoms with Crippen molar-refractivity contribution in [2.75, 3.05) is 4.72 Å². The van der Waals surface area contributed by atoms with Crippen LogP contribution in [-0.2, 0) is 10.0 Å². The molecule has 5 nitrogen and oxygen atoms in total. The Morgan fingerprint density at radius 3 is 2.00 bits per heavy atom. The lowest BCUT2D eigenvalue weighted by molar-refractivity contribution is 0.0942. The highest BCUT2D eigenvalue weighted by Crippen LogP contribution is 2.26. The van der Waals surface area contributed by atoms with Gasteiger partial charge in [0.05, 0.1) is 16.6 Å². The Morgan fingerprint density at radius 1 is 0.694 bits per heavy atom. The average molecular weight is 499 g/mol. The summed E-state index contributed by atoms with van der Waals surface area (Å²) < 4.78 is 29.3. The molecule has 0 saturated carbocycles. The Balaban J connectivity index is 1.66. The molecular weight excluding hydrogens is 468 g/mol. The van der Waals surface area contributed by atoms with E-state index in [-0.39, 0.29) is 22.4 Å².